The SMILES string of the molecule is COCCNC(=O)[C@H](C)SCc1nc(N)c2ccccc2n1. The first-order chi connectivity index (χ1) is 10.6. The van der Waals surface area contributed by atoms with Gasteiger partial charge in [0.1, 0.15) is 11.6 Å². The number of hydrogen-bond donors (Lipinski definition) is 2. The van der Waals surface area contributed by atoms with Gasteiger partial charge in [-0.25, -0.2) is 9.97 Å². The number of carbonyl (C=O) groups excluding carboxylic acids is 1. The number of amides is 1. The van der Waals surface area contributed by atoms with Gasteiger partial charge in [0.2, 0.25) is 5.91 Å². The molecule has 1 aromatic heterocycles. The lowest BCUT2D eigenvalue weighted by Crippen LogP contribution is -2.33. The molecule has 0 aliphatic heterocycles. The van der Waals surface area contributed by atoms with Crippen molar-refractivity contribution in [2.75, 3.05) is 26.0 Å². The van der Waals surface area contributed by atoms with E-state index in [1.165, 1.54) is 11.8 Å². The number of aromatic nitrogens is 2. The molecule has 0 bridgehead atoms. The van der Waals surface area contributed by atoms with E-state index in [-0.39, 0.29) is 11.2 Å². The van der Waals surface area contributed by atoms with Gasteiger partial charge in [0, 0.05) is 19.0 Å². The van der Waals surface area contributed by atoms with E-state index in [0.29, 0.717) is 30.5 Å². The fraction of sp³-hybridized carbons (Fsp3) is 0.400. The molecule has 1 atom stereocenters. The number of nitrogen functional groups attached to an aromatic ring is 1. The molecule has 0 aliphatic rings. The molecule has 0 saturated carbocycles. The van der Waals surface area contributed by atoms with E-state index in [9.17, 15) is 4.79 Å². The number of nitrogens with two attached hydrogens (primary N) is 1. The molecule has 1 heterocycles. The fourth-order valence-electron chi connectivity index (χ4n) is 1.91. The molecule has 1 aromatic carbocycles. The zero-order valence-electron chi connectivity index (χ0n) is 12.7. The first-order valence-corrected chi connectivity index (χ1v) is 8.06. The third-order valence-corrected chi connectivity index (χ3v) is 4.26. The number of nitrogens with zero attached hydrogens (tertiary/aromatic N) is 2. The second kappa shape index (κ2) is 7.95. The number of anilines is 1. The summed E-state index contributed by atoms with van der Waals surface area (Å²) in [5.74, 6) is 1.63. The van der Waals surface area contributed by atoms with Crippen molar-refractivity contribution < 1.29 is 9.53 Å². The Balaban J connectivity index is 1.95. The molecule has 118 valence electrons. The lowest BCUT2D eigenvalue weighted by atomic mass is 10.2. The number of nitrogens with one attached hydrogen (secondary N) is 1. The Morgan fingerprint density at radius 3 is 2.95 bits per heavy atom. The summed E-state index contributed by atoms with van der Waals surface area (Å²) in [6.07, 6.45) is 0. The van der Waals surface area contributed by atoms with Gasteiger partial charge in [-0.2, -0.15) is 0 Å². The van der Waals surface area contributed by atoms with Crippen LogP contribution < -0.4 is 11.1 Å². The molecule has 0 radical (unpaired) electrons. The highest BCUT2D eigenvalue weighted by Crippen LogP contribution is 2.21. The van der Waals surface area contributed by atoms with Gasteiger partial charge in [-0.05, 0) is 19.1 Å². The van der Waals surface area contributed by atoms with Crippen molar-refractivity contribution in [1.82, 2.24) is 15.3 Å². The van der Waals surface area contributed by atoms with Crippen molar-refractivity contribution in [2.24, 2.45) is 0 Å². The fourth-order valence-corrected chi connectivity index (χ4v) is 2.67. The van der Waals surface area contributed by atoms with Gasteiger partial charge in [-0.1, -0.05) is 12.1 Å². The summed E-state index contributed by atoms with van der Waals surface area (Å²) in [4.78, 5) is 20.6. The lowest BCUT2D eigenvalue weighted by Gasteiger charge is -2.11. The van der Waals surface area contributed by atoms with Gasteiger partial charge in [0.05, 0.1) is 23.1 Å². The van der Waals surface area contributed by atoms with E-state index in [2.05, 4.69) is 15.3 Å². The van der Waals surface area contributed by atoms with Gasteiger partial charge in [-0.15, -0.1) is 11.8 Å². The number of carbonyl (C=O) groups is 1. The number of para-hydroxylation sites is 1. The summed E-state index contributed by atoms with van der Waals surface area (Å²) < 4.78 is 4.90. The largest absolute Gasteiger partial charge is 0.383 e. The normalized spacial score (nSPS) is 12.3. The predicted octanol–water partition coefficient (Wildman–Crippen LogP) is 1.60. The van der Waals surface area contributed by atoms with Crippen LogP contribution in [0.15, 0.2) is 24.3 Å². The van der Waals surface area contributed by atoms with E-state index in [4.69, 9.17) is 10.5 Å². The van der Waals surface area contributed by atoms with E-state index in [0.717, 1.165) is 10.9 Å². The van der Waals surface area contributed by atoms with E-state index >= 15 is 0 Å². The predicted molar refractivity (Wildman–Crippen MR) is 89.6 cm³/mol. The van der Waals surface area contributed by atoms with E-state index < -0.39 is 0 Å². The molecular formula is C15H20N4O2S. The Bertz CT molecular complexity index is 650. The number of benzene rings is 1. The maximum Gasteiger partial charge on any atom is 0.232 e. The molecule has 1 amide bonds. The van der Waals surface area contributed by atoms with Crippen LogP contribution in [-0.4, -0.2) is 41.4 Å². The minimum absolute atomic E-state index is 0.0178. The van der Waals surface area contributed by atoms with Crippen LogP contribution in [0.3, 0.4) is 0 Å². The zero-order valence-corrected chi connectivity index (χ0v) is 13.5. The van der Waals surface area contributed by atoms with Gasteiger partial charge >= 0.3 is 0 Å². The molecule has 6 nitrogen and oxygen atoms in total. The molecule has 2 aromatic rings. The molecule has 7 heteroatoms. The number of hydrogen-bond acceptors (Lipinski definition) is 6. The Morgan fingerprint density at radius 2 is 2.18 bits per heavy atom. The van der Waals surface area contributed by atoms with Crippen molar-refractivity contribution in [2.45, 2.75) is 17.9 Å². The van der Waals surface area contributed by atoms with Crippen LogP contribution in [0.4, 0.5) is 5.82 Å². The first-order valence-electron chi connectivity index (χ1n) is 7.01. The summed E-state index contributed by atoms with van der Waals surface area (Å²) in [5.41, 5.74) is 6.77. The van der Waals surface area contributed by atoms with Crippen LogP contribution in [-0.2, 0) is 15.3 Å². The minimum Gasteiger partial charge on any atom is -0.383 e. The standard InChI is InChI=1S/C15H20N4O2S/c1-10(15(20)17-7-8-21-2)22-9-13-18-12-6-4-3-5-11(12)14(16)19-13/h3-6,10H,7-9H2,1-2H3,(H,17,20)(H2,16,18,19)/t10-/m0/s1. The average molecular weight is 320 g/mol. The highest BCUT2D eigenvalue weighted by molar-refractivity contribution is 7.99. The van der Waals surface area contributed by atoms with Crippen LogP contribution in [0.1, 0.15) is 12.7 Å². The molecule has 2 rings (SSSR count). The second-order valence-corrected chi connectivity index (χ2v) is 6.11. The number of ether oxygens (including phenoxy) is 1. The summed E-state index contributed by atoms with van der Waals surface area (Å²) in [6.45, 7) is 2.88. The highest BCUT2D eigenvalue weighted by atomic mass is 32.2. The van der Waals surface area contributed by atoms with Gasteiger partial charge < -0.3 is 15.8 Å². The lowest BCUT2D eigenvalue weighted by molar-refractivity contribution is -0.120. The van der Waals surface area contributed by atoms with Crippen molar-refractivity contribution >= 4 is 34.4 Å². The third-order valence-electron chi connectivity index (χ3n) is 3.12. The Morgan fingerprint density at radius 1 is 1.41 bits per heavy atom. The van der Waals surface area contributed by atoms with Gasteiger partial charge in [0.25, 0.3) is 0 Å². The minimum atomic E-state index is -0.187. The number of thioether (sulfide) groups is 1. The summed E-state index contributed by atoms with van der Waals surface area (Å²) in [5, 5.41) is 3.47. The number of fused-ring (bicyclic) bond motifs is 1. The van der Waals surface area contributed by atoms with Crippen LogP contribution in [0.2, 0.25) is 0 Å². The van der Waals surface area contributed by atoms with Crippen LogP contribution in [0.5, 0.6) is 0 Å². The quantitative estimate of drug-likeness (QED) is 0.753. The van der Waals surface area contributed by atoms with E-state index in [1.54, 1.807) is 7.11 Å². The number of rotatable bonds is 7. The maximum atomic E-state index is 11.9. The van der Waals surface area contributed by atoms with Gasteiger partial charge in [0.15, 0.2) is 0 Å². The molecule has 0 spiro atoms. The molecule has 0 unspecified atom stereocenters. The summed E-state index contributed by atoms with van der Waals surface area (Å²) in [7, 11) is 1.60. The monoisotopic (exact) mass is 320 g/mol. The maximum absolute atomic E-state index is 11.9. The molecule has 3 N–H and O–H groups in total. The molecule has 22 heavy (non-hydrogen) atoms. The van der Waals surface area contributed by atoms with Crippen LogP contribution >= 0.6 is 11.8 Å². The van der Waals surface area contributed by atoms with Crippen LogP contribution in [0, 0.1) is 0 Å². The Hall–Kier alpha value is -1.86. The van der Waals surface area contributed by atoms with Crippen molar-refractivity contribution in [3.05, 3.63) is 30.1 Å². The Kier molecular flexibility index (Phi) is 5.97. The summed E-state index contributed by atoms with van der Waals surface area (Å²) >= 11 is 1.48. The van der Waals surface area contributed by atoms with Crippen LogP contribution in [0.25, 0.3) is 10.9 Å². The number of methoxy groups -OCH3 is 1. The van der Waals surface area contributed by atoms with Crippen molar-refractivity contribution in [3.8, 4) is 0 Å². The van der Waals surface area contributed by atoms with Gasteiger partial charge in [-0.3, -0.25) is 4.79 Å². The second-order valence-electron chi connectivity index (χ2n) is 4.78. The first kappa shape index (κ1) is 16.5. The summed E-state index contributed by atoms with van der Waals surface area (Å²) in [6, 6.07) is 7.62. The van der Waals surface area contributed by atoms with E-state index in [1.807, 2.05) is 31.2 Å². The zero-order chi connectivity index (χ0) is 15.9. The topological polar surface area (TPSA) is 90.1 Å². The van der Waals surface area contributed by atoms with Crippen molar-refractivity contribution in [1.29, 1.82) is 0 Å². The molecule has 0 saturated heterocycles. The molecule has 0 fully saturated rings. The smallest absolute Gasteiger partial charge is 0.232 e. The Labute approximate surface area is 133 Å². The highest BCUT2D eigenvalue weighted by Gasteiger charge is 2.14. The average Bonchev–Trinajstić information content (AvgIpc) is 2.52. The third kappa shape index (κ3) is 4.32. The van der Waals surface area contributed by atoms with Crippen molar-refractivity contribution in [3.63, 3.8) is 0 Å². The molecule has 0 aliphatic carbocycles. The molecular weight excluding hydrogens is 300 g/mol.